The third-order valence-electron chi connectivity index (χ3n) is 4.35. The van der Waals surface area contributed by atoms with Crippen molar-refractivity contribution in [2.75, 3.05) is 0 Å². The number of aromatic hydroxyl groups is 1. The molecular weight excluding hydrogens is 553 g/mol. The summed E-state index contributed by atoms with van der Waals surface area (Å²) >= 11 is 6.52. The van der Waals surface area contributed by atoms with Gasteiger partial charge in [-0.15, -0.1) is 0 Å². The maximum absolute atomic E-state index is 13.8. The second kappa shape index (κ2) is 8.93. The van der Waals surface area contributed by atoms with Gasteiger partial charge in [-0.25, -0.2) is 4.39 Å². The van der Waals surface area contributed by atoms with Crippen molar-refractivity contribution in [3.63, 3.8) is 0 Å². The molecular formula is C20H12Br2FN5O4. The molecule has 32 heavy (non-hydrogen) atoms. The molecule has 12 heteroatoms. The van der Waals surface area contributed by atoms with E-state index in [-0.39, 0.29) is 17.2 Å². The third kappa shape index (κ3) is 4.55. The van der Waals surface area contributed by atoms with Gasteiger partial charge in [-0.1, -0.05) is 0 Å². The van der Waals surface area contributed by atoms with E-state index >= 15 is 0 Å². The quantitative estimate of drug-likeness (QED) is 0.177. The van der Waals surface area contributed by atoms with Gasteiger partial charge < -0.3 is 9.84 Å². The van der Waals surface area contributed by atoms with Gasteiger partial charge in [0.2, 0.25) is 0 Å². The van der Waals surface area contributed by atoms with Gasteiger partial charge in [0.25, 0.3) is 5.69 Å². The van der Waals surface area contributed by atoms with Crippen LogP contribution < -0.4 is 4.74 Å². The standard InChI is InChI=1S/C13H7BrFN3O3.C7H5BrN2O/c14-9-5-11-7(6-16-17-11)3-13(9)21-12-2-1-8(18(19)20)4-10(12)15;8-5-2-6-4(1-7(5)11)3-9-10-6/h1-6H,(H,16,17);1-3,11H,(H,9,10). The fourth-order valence-electron chi connectivity index (χ4n) is 2.78. The average molecular weight is 565 g/mol. The van der Waals surface area contributed by atoms with Crippen LogP contribution in [0.1, 0.15) is 0 Å². The number of non-ortho nitro benzene ring substituents is 1. The molecule has 0 aliphatic heterocycles. The minimum absolute atomic E-state index is 0.0934. The molecule has 0 radical (unpaired) electrons. The lowest BCUT2D eigenvalue weighted by Crippen LogP contribution is -1.93. The molecule has 3 aromatic carbocycles. The number of aromatic amines is 2. The Morgan fingerprint density at radius 2 is 1.56 bits per heavy atom. The van der Waals surface area contributed by atoms with Gasteiger partial charge in [-0.05, 0) is 62.2 Å². The number of nitro benzene ring substituents is 1. The lowest BCUT2D eigenvalue weighted by Gasteiger charge is -2.08. The number of phenols is 1. The molecule has 0 amide bonds. The zero-order chi connectivity index (χ0) is 22.8. The summed E-state index contributed by atoms with van der Waals surface area (Å²) in [6.45, 7) is 0. The summed E-state index contributed by atoms with van der Waals surface area (Å²) in [7, 11) is 0. The van der Waals surface area contributed by atoms with Gasteiger partial charge in [-0.3, -0.25) is 20.3 Å². The van der Waals surface area contributed by atoms with E-state index in [1.807, 2.05) is 0 Å². The Labute approximate surface area is 195 Å². The maximum atomic E-state index is 13.8. The summed E-state index contributed by atoms with van der Waals surface area (Å²) in [5.74, 6) is -0.275. The third-order valence-corrected chi connectivity index (χ3v) is 5.60. The summed E-state index contributed by atoms with van der Waals surface area (Å²) in [5.41, 5.74) is 1.39. The first-order valence-electron chi connectivity index (χ1n) is 8.88. The van der Waals surface area contributed by atoms with Crippen molar-refractivity contribution in [2.24, 2.45) is 0 Å². The fraction of sp³-hybridized carbons (Fsp3) is 0. The highest BCUT2D eigenvalue weighted by Gasteiger charge is 2.14. The van der Waals surface area contributed by atoms with Crippen LogP contribution in [-0.4, -0.2) is 30.4 Å². The highest BCUT2D eigenvalue weighted by Crippen LogP contribution is 2.35. The summed E-state index contributed by atoms with van der Waals surface area (Å²) in [6, 6.07) is 10.1. The molecule has 0 saturated heterocycles. The second-order valence-electron chi connectivity index (χ2n) is 6.47. The molecule has 162 valence electrons. The molecule has 0 spiro atoms. The van der Waals surface area contributed by atoms with Crippen molar-refractivity contribution in [1.29, 1.82) is 0 Å². The molecule has 0 aliphatic rings. The Balaban J connectivity index is 0.000000186. The molecule has 0 unspecified atom stereocenters. The number of halogens is 3. The summed E-state index contributed by atoms with van der Waals surface area (Å²) in [4.78, 5) is 9.91. The van der Waals surface area contributed by atoms with E-state index in [2.05, 4.69) is 52.3 Å². The van der Waals surface area contributed by atoms with E-state index < -0.39 is 10.7 Å². The Kier molecular flexibility index (Phi) is 6.06. The lowest BCUT2D eigenvalue weighted by atomic mass is 10.2. The van der Waals surface area contributed by atoms with Crippen LogP contribution >= 0.6 is 31.9 Å². The van der Waals surface area contributed by atoms with Crippen LogP contribution in [0.3, 0.4) is 0 Å². The Hall–Kier alpha value is -3.51. The zero-order valence-electron chi connectivity index (χ0n) is 15.8. The van der Waals surface area contributed by atoms with Crippen LogP contribution in [0, 0.1) is 15.9 Å². The first-order valence-corrected chi connectivity index (χ1v) is 10.5. The number of nitrogens with one attached hydrogen (secondary N) is 2. The molecule has 0 fully saturated rings. The van der Waals surface area contributed by atoms with Gasteiger partial charge in [0, 0.05) is 16.8 Å². The number of phenolic OH excluding ortho intramolecular Hbond substituents is 1. The molecule has 0 aliphatic carbocycles. The van der Waals surface area contributed by atoms with Crippen LogP contribution in [0.2, 0.25) is 0 Å². The van der Waals surface area contributed by atoms with Crippen LogP contribution in [0.15, 0.2) is 63.8 Å². The van der Waals surface area contributed by atoms with Crippen LogP contribution in [-0.2, 0) is 0 Å². The Bertz CT molecular complexity index is 1420. The number of hydrogen-bond acceptors (Lipinski definition) is 6. The van der Waals surface area contributed by atoms with Crippen molar-refractivity contribution in [1.82, 2.24) is 20.4 Å². The predicted octanol–water partition coefficient (Wildman–Crippen LogP) is 6.20. The number of nitro groups is 1. The van der Waals surface area contributed by atoms with E-state index in [4.69, 9.17) is 4.74 Å². The van der Waals surface area contributed by atoms with Crippen molar-refractivity contribution >= 4 is 59.4 Å². The van der Waals surface area contributed by atoms with Crippen molar-refractivity contribution in [3.8, 4) is 17.2 Å². The number of hydrogen-bond donors (Lipinski definition) is 3. The van der Waals surface area contributed by atoms with Crippen molar-refractivity contribution in [2.45, 2.75) is 0 Å². The number of fused-ring (bicyclic) bond motifs is 2. The highest BCUT2D eigenvalue weighted by molar-refractivity contribution is 9.11. The number of ether oxygens (including phenoxy) is 1. The molecule has 0 saturated carbocycles. The number of aromatic nitrogens is 4. The molecule has 9 nitrogen and oxygen atoms in total. The van der Waals surface area contributed by atoms with Gasteiger partial charge in [0.1, 0.15) is 11.5 Å². The summed E-state index contributed by atoms with van der Waals surface area (Å²) < 4.78 is 20.6. The van der Waals surface area contributed by atoms with Gasteiger partial charge >= 0.3 is 0 Å². The molecule has 5 rings (SSSR count). The maximum Gasteiger partial charge on any atom is 0.272 e. The Morgan fingerprint density at radius 1 is 0.938 bits per heavy atom. The number of nitrogens with zero attached hydrogens (tertiary/aromatic N) is 3. The molecule has 3 N–H and O–H groups in total. The molecule has 0 bridgehead atoms. The minimum Gasteiger partial charge on any atom is -0.507 e. The Morgan fingerprint density at radius 3 is 2.19 bits per heavy atom. The summed E-state index contributed by atoms with van der Waals surface area (Å²) in [5, 5.41) is 34.8. The van der Waals surface area contributed by atoms with Gasteiger partial charge in [-0.2, -0.15) is 10.2 Å². The molecule has 2 aromatic heterocycles. The second-order valence-corrected chi connectivity index (χ2v) is 8.18. The van der Waals surface area contributed by atoms with E-state index in [1.54, 1.807) is 36.7 Å². The SMILES string of the molecule is O=[N+]([O-])c1ccc(Oc2cc3cn[nH]c3cc2Br)c(F)c1.Oc1cc2cn[nH]c2cc1Br. The van der Waals surface area contributed by atoms with Crippen LogP contribution in [0.25, 0.3) is 21.8 Å². The normalized spacial score (nSPS) is 10.7. The average Bonchev–Trinajstić information content (AvgIpc) is 3.39. The summed E-state index contributed by atoms with van der Waals surface area (Å²) in [6.07, 6.45) is 3.28. The predicted molar refractivity (Wildman–Crippen MR) is 122 cm³/mol. The minimum atomic E-state index is -0.802. The van der Waals surface area contributed by atoms with E-state index in [1.165, 1.54) is 12.1 Å². The first kappa shape index (κ1) is 21.7. The first-order chi connectivity index (χ1) is 15.3. The molecule has 5 aromatic rings. The van der Waals surface area contributed by atoms with E-state index in [0.717, 1.165) is 27.9 Å². The van der Waals surface area contributed by atoms with Crippen LogP contribution in [0.4, 0.5) is 10.1 Å². The largest absolute Gasteiger partial charge is 0.507 e. The zero-order valence-corrected chi connectivity index (χ0v) is 19.0. The monoisotopic (exact) mass is 563 g/mol. The smallest absolute Gasteiger partial charge is 0.272 e. The van der Waals surface area contributed by atoms with Gasteiger partial charge in [0.05, 0.1) is 43.4 Å². The van der Waals surface area contributed by atoms with Gasteiger partial charge in [0.15, 0.2) is 11.6 Å². The van der Waals surface area contributed by atoms with Crippen molar-refractivity contribution < 1.29 is 19.2 Å². The topological polar surface area (TPSA) is 130 Å². The number of benzene rings is 3. The molecule has 2 heterocycles. The number of rotatable bonds is 3. The van der Waals surface area contributed by atoms with Crippen molar-refractivity contribution in [3.05, 3.63) is 79.7 Å². The van der Waals surface area contributed by atoms with E-state index in [9.17, 15) is 19.6 Å². The number of H-pyrrole nitrogens is 2. The van der Waals surface area contributed by atoms with E-state index in [0.29, 0.717) is 14.7 Å². The molecule has 0 atom stereocenters. The highest BCUT2D eigenvalue weighted by atomic mass is 79.9. The van der Waals surface area contributed by atoms with Crippen LogP contribution in [0.5, 0.6) is 17.2 Å². The fourth-order valence-corrected chi connectivity index (χ4v) is 3.55. The lowest BCUT2D eigenvalue weighted by molar-refractivity contribution is -0.385.